The smallest absolute Gasteiger partial charge is 0.191 e. The van der Waals surface area contributed by atoms with E-state index in [4.69, 9.17) is 9.47 Å². The molecule has 1 aliphatic heterocycles. The standard InChI is InChI=1S/C18H29N3O2/c1-14-6-7-15(12-16(14)22-4)8-10-20-17(19-3)21-13-18(2)9-5-11-23-18/h6-7,12H,5,8-11,13H2,1-4H3,(H2,19,20,21). The van der Waals surface area contributed by atoms with E-state index in [9.17, 15) is 0 Å². The Hall–Kier alpha value is -1.75. The van der Waals surface area contributed by atoms with Gasteiger partial charge in [-0.05, 0) is 50.3 Å². The second-order valence-corrected chi connectivity index (χ2v) is 6.31. The van der Waals surface area contributed by atoms with Gasteiger partial charge in [0, 0.05) is 26.7 Å². The number of nitrogens with zero attached hydrogens (tertiary/aromatic N) is 1. The molecule has 1 unspecified atom stereocenters. The lowest BCUT2D eigenvalue weighted by molar-refractivity contribution is 0.0243. The predicted octanol–water partition coefficient (Wildman–Crippen LogP) is 2.28. The highest BCUT2D eigenvalue weighted by atomic mass is 16.5. The topological polar surface area (TPSA) is 54.9 Å². The van der Waals surface area contributed by atoms with Crippen molar-refractivity contribution >= 4 is 5.96 Å². The van der Waals surface area contributed by atoms with Gasteiger partial charge >= 0.3 is 0 Å². The zero-order valence-electron chi connectivity index (χ0n) is 14.7. The van der Waals surface area contributed by atoms with E-state index in [0.29, 0.717) is 0 Å². The van der Waals surface area contributed by atoms with E-state index >= 15 is 0 Å². The highest BCUT2D eigenvalue weighted by molar-refractivity contribution is 5.79. The molecule has 1 fully saturated rings. The van der Waals surface area contributed by atoms with Crippen LogP contribution in [0.15, 0.2) is 23.2 Å². The fourth-order valence-electron chi connectivity index (χ4n) is 2.81. The largest absolute Gasteiger partial charge is 0.496 e. The first-order valence-corrected chi connectivity index (χ1v) is 8.28. The molecule has 0 saturated carbocycles. The summed E-state index contributed by atoms with van der Waals surface area (Å²) in [5.74, 6) is 1.76. The van der Waals surface area contributed by atoms with E-state index in [2.05, 4.69) is 47.7 Å². The number of nitrogens with one attached hydrogen (secondary N) is 2. The van der Waals surface area contributed by atoms with Crippen LogP contribution in [0.25, 0.3) is 0 Å². The maximum atomic E-state index is 5.79. The quantitative estimate of drug-likeness (QED) is 0.624. The molecule has 2 rings (SSSR count). The van der Waals surface area contributed by atoms with Gasteiger partial charge in [0.2, 0.25) is 0 Å². The molecule has 1 aromatic rings. The van der Waals surface area contributed by atoms with Crippen LogP contribution in [0.3, 0.4) is 0 Å². The molecule has 0 radical (unpaired) electrons. The Kier molecular flexibility index (Phi) is 6.28. The van der Waals surface area contributed by atoms with E-state index in [-0.39, 0.29) is 5.60 Å². The Bertz CT molecular complexity index is 537. The fraction of sp³-hybridized carbons (Fsp3) is 0.611. The molecule has 5 heteroatoms. The van der Waals surface area contributed by atoms with Crippen molar-refractivity contribution in [2.75, 3.05) is 33.9 Å². The number of rotatable bonds is 6. The van der Waals surface area contributed by atoms with Crippen LogP contribution in [0, 0.1) is 6.92 Å². The van der Waals surface area contributed by atoms with Gasteiger partial charge in [0.25, 0.3) is 0 Å². The SMILES string of the molecule is CN=C(NCCc1ccc(C)c(OC)c1)NCC1(C)CCCO1. The molecule has 1 aliphatic rings. The van der Waals surface area contributed by atoms with Crippen molar-refractivity contribution in [3.8, 4) is 5.75 Å². The van der Waals surface area contributed by atoms with Crippen LogP contribution in [0.5, 0.6) is 5.75 Å². The summed E-state index contributed by atoms with van der Waals surface area (Å²) in [5.41, 5.74) is 2.34. The number of aliphatic imine (C=N–C) groups is 1. The zero-order valence-corrected chi connectivity index (χ0v) is 14.7. The van der Waals surface area contributed by atoms with Gasteiger partial charge in [-0.3, -0.25) is 4.99 Å². The van der Waals surface area contributed by atoms with Crippen LogP contribution in [-0.2, 0) is 11.2 Å². The third-order valence-corrected chi connectivity index (χ3v) is 4.33. The number of hydrogen-bond acceptors (Lipinski definition) is 3. The number of ether oxygens (including phenoxy) is 2. The van der Waals surface area contributed by atoms with Crippen LogP contribution < -0.4 is 15.4 Å². The van der Waals surface area contributed by atoms with Crippen LogP contribution in [0.1, 0.15) is 30.9 Å². The van der Waals surface area contributed by atoms with Gasteiger partial charge in [0.15, 0.2) is 5.96 Å². The van der Waals surface area contributed by atoms with Crippen molar-refractivity contribution in [1.82, 2.24) is 10.6 Å². The Morgan fingerprint density at radius 2 is 2.22 bits per heavy atom. The van der Waals surface area contributed by atoms with Crippen LogP contribution >= 0.6 is 0 Å². The first-order valence-electron chi connectivity index (χ1n) is 8.28. The Balaban J connectivity index is 1.77. The summed E-state index contributed by atoms with van der Waals surface area (Å²) in [6.45, 7) is 6.67. The summed E-state index contributed by atoms with van der Waals surface area (Å²) in [7, 11) is 3.50. The van der Waals surface area contributed by atoms with Gasteiger partial charge in [0.1, 0.15) is 5.75 Å². The molecule has 2 N–H and O–H groups in total. The molecule has 1 saturated heterocycles. The lowest BCUT2D eigenvalue weighted by Gasteiger charge is -2.24. The summed E-state index contributed by atoms with van der Waals surface area (Å²) in [4.78, 5) is 4.27. The minimum Gasteiger partial charge on any atom is -0.496 e. The van der Waals surface area contributed by atoms with E-state index in [1.54, 1.807) is 14.2 Å². The monoisotopic (exact) mass is 319 g/mol. The highest BCUT2D eigenvalue weighted by Gasteiger charge is 2.29. The molecule has 0 bridgehead atoms. The van der Waals surface area contributed by atoms with Crippen molar-refractivity contribution in [2.45, 2.75) is 38.7 Å². The Labute approximate surface area is 139 Å². The molecule has 23 heavy (non-hydrogen) atoms. The summed E-state index contributed by atoms with van der Waals surface area (Å²) >= 11 is 0. The van der Waals surface area contributed by atoms with E-state index in [1.807, 2.05) is 0 Å². The molecule has 5 nitrogen and oxygen atoms in total. The van der Waals surface area contributed by atoms with Crippen LogP contribution in [0.4, 0.5) is 0 Å². The summed E-state index contributed by atoms with van der Waals surface area (Å²) < 4.78 is 11.2. The molecular formula is C18H29N3O2. The van der Waals surface area contributed by atoms with Crippen molar-refractivity contribution in [3.63, 3.8) is 0 Å². The van der Waals surface area contributed by atoms with Gasteiger partial charge in [-0.2, -0.15) is 0 Å². The summed E-state index contributed by atoms with van der Waals surface area (Å²) in [6.07, 6.45) is 3.16. The predicted molar refractivity (Wildman–Crippen MR) is 94.4 cm³/mol. The molecule has 1 heterocycles. The molecule has 0 amide bonds. The number of benzene rings is 1. The average Bonchev–Trinajstić information content (AvgIpc) is 2.99. The van der Waals surface area contributed by atoms with Crippen LogP contribution in [-0.4, -0.2) is 45.4 Å². The summed E-state index contributed by atoms with van der Waals surface area (Å²) in [6, 6.07) is 6.34. The Morgan fingerprint density at radius 3 is 2.87 bits per heavy atom. The first-order chi connectivity index (χ1) is 11.1. The van der Waals surface area contributed by atoms with Crippen molar-refractivity contribution in [2.24, 2.45) is 4.99 Å². The lowest BCUT2D eigenvalue weighted by Crippen LogP contribution is -2.45. The fourth-order valence-corrected chi connectivity index (χ4v) is 2.81. The van der Waals surface area contributed by atoms with Gasteiger partial charge < -0.3 is 20.1 Å². The maximum absolute atomic E-state index is 5.79. The maximum Gasteiger partial charge on any atom is 0.191 e. The van der Waals surface area contributed by atoms with Gasteiger partial charge in [-0.25, -0.2) is 0 Å². The van der Waals surface area contributed by atoms with E-state index in [1.165, 1.54) is 5.56 Å². The third-order valence-electron chi connectivity index (χ3n) is 4.33. The summed E-state index contributed by atoms with van der Waals surface area (Å²) in [5, 5.41) is 6.71. The van der Waals surface area contributed by atoms with Crippen LogP contribution in [0.2, 0.25) is 0 Å². The number of methoxy groups -OCH3 is 1. The van der Waals surface area contributed by atoms with Crippen molar-refractivity contribution < 1.29 is 9.47 Å². The molecular weight excluding hydrogens is 290 g/mol. The van der Waals surface area contributed by atoms with E-state index in [0.717, 1.165) is 56.2 Å². The first kappa shape index (κ1) is 17.6. The molecule has 0 spiro atoms. The molecule has 128 valence electrons. The zero-order chi connectivity index (χ0) is 16.7. The number of hydrogen-bond donors (Lipinski definition) is 2. The highest BCUT2D eigenvalue weighted by Crippen LogP contribution is 2.23. The normalized spacial score (nSPS) is 21.3. The third kappa shape index (κ3) is 5.13. The van der Waals surface area contributed by atoms with E-state index < -0.39 is 0 Å². The lowest BCUT2D eigenvalue weighted by atomic mass is 10.0. The second-order valence-electron chi connectivity index (χ2n) is 6.31. The number of aryl methyl sites for hydroxylation is 1. The molecule has 1 aromatic carbocycles. The number of guanidine groups is 1. The van der Waals surface area contributed by atoms with Crippen molar-refractivity contribution in [1.29, 1.82) is 0 Å². The average molecular weight is 319 g/mol. The second kappa shape index (κ2) is 8.20. The molecule has 1 atom stereocenters. The Morgan fingerprint density at radius 1 is 1.39 bits per heavy atom. The minimum atomic E-state index is -0.0675. The van der Waals surface area contributed by atoms with Gasteiger partial charge in [0.05, 0.1) is 12.7 Å². The van der Waals surface area contributed by atoms with Gasteiger partial charge in [-0.15, -0.1) is 0 Å². The van der Waals surface area contributed by atoms with Gasteiger partial charge in [-0.1, -0.05) is 12.1 Å². The minimum absolute atomic E-state index is 0.0675. The molecule has 0 aliphatic carbocycles. The van der Waals surface area contributed by atoms with Crippen molar-refractivity contribution in [3.05, 3.63) is 29.3 Å². The molecule has 0 aromatic heterocycles.